The number of methoxy groups -OCH3 is 1. The number of carbonyl (C=O) groups is 5. The van der Waals surface area contributed by atoms with Crippen LogP contribution in [0.2, 0.25) is 0 Å². The third-order valence-electron chi connectivity index (χ3n) is 11.1. The fourth-order valence-corrected chi connectivity index (χ4v) is 8.21. The van der Waals surface area contributed by atoms with Crippen LogP contribution in [0.5, 0.6) is 0 Å². The third kappa shape index (κ3) is 12.3. The first kappa shape index (κ1) is 46.8. The van der Waals surface area contributed by atoms with Crippen molar-refractivity contribution in [1.29, 1.82) is 0 Å². The summed E-state index contributed by atoms with van der Waals surface area (Å²) in [4.78, 5) is 65.2. The second-order valence-electron chi connectivity index (χ2n) is 16.2. The summed E-state index contributed by atoms with van der Waals surface area (Å²) < 4.78 is 53.9. The molecular weight excluding hydrogens is 750 g/mol. The van der Waals surface area contributed by atoms with E-state index in [-0.39, 0.29) is 43.7 Å². The molecule has 3 saturated heterocycles. The van der Waals surface area contributed by atoms with Gasteiger partial charge in [0.1, 0.15) is 48.5 Å². The zero-order valence-electron chi connectivity index (χ0n) is 34.8. The SMILES string of the molecule is CCC(=O)OC1C(C)OC(OC2C(C)OC(OC3C(CC=O)CC(C)C(=O)C=CC4OC4CC(C)OC(=O)CC(OC(C)=O)C3OC)C(O)C2N(C)C)CC1(C)O. The fraction of sp³-hybridized carbons (Fsp3) is 0.825. The predicted octanol–water partition coefficient (Wildman–Crippen LogP) is 1.80. The number of allylic oxidation sites excluding steroid dienone is 1. The van der Waals surface area contributed by atoms with E-state index in [1.165, 1.54) is 20.1 Å². The minimum absolute atomic E-state index is 0.0531. The molecule has 4 aliphatic heterocycles. The Balaban J connectivity index is 1.66. The number of fused-ring (bicyclic) bond motifs is 1. The number of ketones is 1. The average Bonchev–Trinajstić information content (AvgIpc) is 3.86. The van der Waals surface area contributed by atoms with Crippen molar-refractivity contribution in [3.63, 3.8) is 0 Å². The highest BCUT2D eigenvalue weighted by atomic mass is 16.7. The Bertz CT molecular complexity index is 1420. The molecule has 0 aliphatic carbocycles. The lowest BCUT2D eigenvalue weighted by molar-refractivity contribution is -0.344. The molecule has 3 fully saturated rings. The molecule has 2 N–H and O–H groups in total. The summed E-state index contributed by atoms with van der Waals surface area (Å²) >= 11 is 0. The molecule has 0 spiro atoms. The maximum atomic E-state index is 13.4. The zero-order valence-corrected chi connectivity index (χ0v) is 34.8. The summed E-state index contributed by atoms with van der Waals surface area (Å²) in [7, 11) is 4.81. The maximum Gasteiger partial charge on any atom is 0.309 e. The lowest BCUT2D eigenvalue weighted by Gasteiger charge is -2.50. The van der Waals surface area contributed by atoms with Crippen molar-refractivity contribution >= 4 is 30.0 Å². The van der Waals surface area contributed by atoms with Crippen molar-refractivity contribution in [3.05, 3.63) is 12.2 Å². The molecule has 17 nitrogen and oxygen atoms in total. The summed E-state index contributed by atoms with van der Waals surface area (Å²) in [6.07, 6.45) is -8.00. The van der Waals surface area contributed by atoms with Gasteiger partial charge in [-0.25, -0.2) is 0 Å². The van der Waals surface area contributed by atoms with E-state index in [0.717, 1.165) is 0 Å². The summed E-state index contributed by atoms with van der Waals surface area (Å²) in [6, 6.07) is -0.796. The lowest BCUT2D eigenvalue weighted by atomic mass is 9.83. The topological polar surface area (TPSA) is 215 Å². The monoisotopic (exact) mass is 813 g/mol. The van der Waals surface area contributed by atoms with Crippen LogP contribution in [0, 0.1) is 11.8 Å². The molecule has 0 aromatic carbocycles. The standard InChI is InChI=1S/C40H63NO16/c1-11-30(45)55-38-23(5)51-32(19-40(38,7)48)56-35-22(4)52-39(34(47)33(35)41(8)9)57-36-25(14-15-42)16-20(2)26(44)12-13-27-28(54-27)17-21(3)50-31(46)18-29(37(36)49-10)53-24(6)43/h12-13,15,20-23,25,27-29,32-39,47-48H,11,14,16-19H2,1-10H3. The van der Waals surface area contributed by atoms with Crippen molar-refractivity contribution in [2.45, 2.75) is 178 Å². The lowest BCUT2D eigenvalue weighted by Crippen LogP contribution is -2.66. The van der Waals surface area contributed by atoms with Gasteiger partial charge < -0.3 is 62.5 Å². The van der Waals surface area contributed by atoms with Gasteiger partial charge in [0, 0.05) is 45.6 Å². The average molecular weight is 814 g/mol. The molecule has 4 rings (SSSR count). The van der Waals surface area contributed by atoms with Crippen LogP contribution in [0.4, 0.5) is 0 Å². The molecular formula is C40H63NO16. The molecule has 0 aromatic rings. The number of aldehydes is 1. The Kier molecular flexibility index (Phi) is 16.8. The first-order valence-corrected chi connectivity index (χ1v) is 19.9. The van der Waals surface area contributed by atoms with Crippen LogP contribution in [0.15, 0.2) is 12.2 Å². The zero-order chi connectivity index (χ0) is 42.4. The van der Waals surface area contributed by atoms with Crippen molar-refractivity contribution < 1.29 is 76.8 Å². The largest absolute Gasteiger partial charge is 0.462 e. The molecule has 17 heteroatoms. The number of aliphatic hydroxyl groups excluding tert-OH is 1. The summed E-state index contributed by atoms with van der Waals surface area (Å²) in [5, 5.41) is 23.4. The van der Waals surface area contributed by atoms with E-state index in [0.29, 0.717) is 12.7 Å². The molecule has 0 aromatic heterocycles. The normalized spacial score (nSPS) is 42.1. The number of likely N-dealkylation sites (N-methyl/N-ethyl adjacent to an activating group) is 1. The number of carbonyl (C=O) groups excluding carboxylic acids is 5. The molecule has 324 valence electrons. The van der Waals surface area contributed by atoms with E-state index in [2.05, 4.69) is 0 Å². The van der Waals surface area contributed by atoms with Gasteiger partial charge in [-0.2, -0.15) is 0 Å². The molecule has 17 atom stereocenters. The molecule has 0 bridgehead atoms. The molecule has 0 radical (unpaired) electrons. The van der Waals surface area contributed by atoms with Crippen LogP contribution in [0.3, 0.4) is 0 Å². The predicted molar refractivity (Wildman–Crippen MR) is 199 cm³/mol. The number of nitrogens with zero attached hydrogens (tertiary/aromatic N) is 1. The number of rotatable bonds is 11. The molecule has 0 amide bonds. The first-order valence-electron chi connectivity index (χ1n) is 19.9. The molecule has 0 saturated carbocycles. The van der Waals surface area contributed by atoms with Crippen LogP contribution in [-0.2, 0) is 66.6 Å². The van der Waals surface area contributed by atoms with Gasteiger partial charge in [0.2, 0.25) is 0 Å². The minimum Gasteiger partial charge on any atom is -0.462 e. The number of aliphatic hydroxyl groups is 2. The molecule has 4 heterocycles. The first-order chi connectivity index (χ1) is 26.8. The minimum atomic E-state index is -1.50. The third-order valence-corrected chi connectivity index (χ3v) is 11.1. The van der Waals surface area contributed by atoms with Gasteiger partial charge in [-0.3, -0.25) is 19.2 Å². The van der Waals surface area contributed by atoms with Gasteiger partial charge in [0.25, 0.3) is 0 Å². The van der Waals surface area contributed by atoms with Gasteiger partial charge in [0.15, 0.2) is 24.5 Å². The number of esters is 3. The van der Waals surface area contributed by atoms with Crippen molar-refractivity contribution in [2.75, 3.05) is 21.2 Å². The van der Waals surface area contributed by atoms with Crippen molar-refractivity contribution in [3.8, 4) is 0 Å². The van der Waals surface area contributed by atoms with E-state index < -0.39 is 115 Å². The number of ether oxygens (including phenoxy) is 9. The number of hydrogen-bond donors (Lipinski definition) is 2. The second-order valence-corrected chi connectivity index (χ2v) is 16.2. The van der Waals surface area contributed by atoms with Gasteiger partial charge in [0.05, 0.1) is 36.9 Å². The Labute approximate surface area is 334 Å². The van der Waals surface area contributed by atoms with E-state index in [4.69, 9.17) is 42.6 Å². The van der Waals surface area contributed by atoms with E-state index in [1.54, 1.807) is 66.6 Å². The fourth-order valence-electron chi connectivity index (χ4n) is 8.21. The second kappa shape index (κ2) is 20.4. The van der Waals surface area contributed by atoms with Crippen molar-refractivity contribution in [1.82, 2.24) is 4.90 Å². The van der Waals surface area contributed by atoms with Crippen molar-refractivity contribution in [2.24, 2.45) is 11.8 Å². The Morgan fingerprint density at radius 3 is 2.30 bits per heavy atom. The Morgan fingerprint density at radius 1 is 1.00 bits per heavy atom. The van der Waals surface area contributed by atoms with Gasteiger partial charge in [-0.15, -0.1) is 0 Å². The smallest absolute Gasteiger partial charge is 0.309 e. The number of hydrogen-bond acceptors (Lipinski definition) is 17. The van der Waals surface area contributed by atoms with E-state index >= 15 is 0 Å². The van der Waals surface area contributed by atoms with Gasteiger partial charge in [-0.05, 0) is 66.3 Å². The highest BCUT2D eigenvalue weighted by Crippen LogP contribution is 2.38. The van der Waals surface area contributed by atoms with Crippen LogP contribution < -0.4 is 0 Å². The Hall–Kier alpha value is -2.87. The quantitative estimate of drug-likeness (QED) is 0.132. The highest BCUT2D eigenvalue weighted by molar-refractivity contribution is 5.91. The van der Waals surface area contributed by atoms with Gasteiger partial charge >= 0.3 is 17.9 Å². The van der Waals surface area contributed by atoms with Crippen LogP contribution in [0.1, 0.15) is 87.0 Å². The summed E-state index contributed by atoms with van der Waals surface area (Å²) in [6.45, 7) is 11.2. The number of cyclic esters (lactones) is 1. The summed E-state index contributed by atoms with van der Waals surface area (Å²) in [5.74, 6) is -3.45. The summed E-state index contributed by atoms with van der Waals surface area (Å²) in [5.41, 5.74) is -1.50. The van der Waals surface area contributed by atoms with Gasteiger partial charge in [-0.1, -0.05) is 13.8 Å². The van der Waals surface area contributed by atoms with Crippen LogP contribution >= 0.6 is 0 Å². The molecule has 4 aliphatic rings. The van der Waals surface area contributed by atoms with E-state index in [9.17, 15) is 34.2 Å². The number of epoxide rings is 1. The van der Waals surface area contributed by atoms with E-state index in [1.807, 2.05) is 0 Å². The Morgan fingerprint density at radius 2 is 1.70 bits per heavy atom. The maximum absolute atomic E-state index is 13.4. The molecule has 17 unspecified atom stereocenters. The van der Waals surface area contributed by atoms with Crippen LogP contribution in [0.25, 0.3) is 0 Å². The highest BCUT2D eigenvalue weighted by Gasteiger charge is 2.53. The molecule has 57 heavy (non-hydrogen) atoms. The van der Waals surface area contributed by atoms with Crippen LogP contribution in [-0.4, -0.2) is 158 Å².